The molecule has 2 heterocycles. The molecule has 3 rings (SSSR count). The molecule has 9 heteroatoms. The van der Waals surface area contributed by atoms with Crippen LogP contribution in [0, 0.1) is 0 Å². The van der Waals surface area contributed by atoms with Crippen LogP contribution >= 0.6 is 11.6 Å². The van der Waals surface area contributed by atoms with Crippen LogP contribution in [0.15, 0.2) is 35.4 Å². The summed E-state index contributed by atoms with van der Waals surface area (Å²) in [4.78, 5) is 11.5. The molecule has 0 bridgehead atoms. The number of hydrogen-bond acceptors (Lipinski definition) is 7. The number of halogens is 1. The van der Waals surface area contributed by atoms with E-state index in [2.05, 4.69) is 39.3 Å². The second kappa shape index (κ2) is 9.49. The molecule has 0 spiro atoms. The first-order chi connectivity index (χ1) is 14.2. The summed E-state index contributed by atoms with van der Waals surface area (Å²) in [7, 11) is -3.46. The second-order valence-corrected chi connectivity index (χ2v) is 11.1. The molecule has 0 amide bonds. The summed E-state index contributed by atoms with van der Waals surface area (Å²) in [6, 6.07) is 7.54. The van der Waals surface area contributed by atoms with Crippen molar-refractivity contribution in [2.24, 2.45) is 0 Å². The SMILES string of the molecule is CC(C)N1CCCC(Nc2ncc(Cl)c(Nc3ccccc3S(=O)(=O)C(C)C)n2)C1. The number of rotatable bonds is 7. The number of anilines is 3. The molecule has 1 aliphatic rings. The zero-order valence-corrected chi connectivity index (χ0v) is 19.5. The lowest BCUT2D eigenvalue weighted by Crippen LogP contribution is -2.45. The van der Waals surface area contributed by atoms with E-state index in [0.29, 0.717) is 28.5 Å². The molecule has 0 radical (unpaired) electrons. The number of nitrogens with one attached hydrogen (secondary N) is 2. The standard InChI is InChI=1S/C21H30ClN5O2S/c1-14(2)27-11-7-8-16(13-27)24-21-23-12-17(22)20(26-21)25-18-9-5-6-10-19(18)30(28,29)15(3)4/h5-6,9-10,12,14-16H,7-8,11,13H2,1-4H3,(H2,23,24,25,26). The van der Waals surface area contributed by atoms with E-state index in [4.69, 9.17) is 11.6 Å². The van der Waals surface area contributed by atoms with Gasteiger partial charge in [-0.3, -0.25) is 4.90 Å². The normalized spacial score (nSPS) is 18.0. The molecular weight excluding hydrogens is 422 g/mol. The maximum absolute atomic E-state index is 12.7. The van der Waals surface area contributed by atoms with Crippen molar-refractivity contribution in [2.45, 2.75) is 62.8 Å². The van der Waals surface area contributed by atoms with Crippen molar-refractivity contribution in [2.75, 3.05) is 23.7 Å². The van der Waals surface area contributed by atoms with Crippen molar-refractivity contribution in [3.05, 3.63) is 35.5 Å². The third-order valence-corrected chi connectivity index (χ3v) is 7.81. The molecule has 1 saturated heterocycles. The fraction of sp³-hybridized carbons (Fsp3) is 0.524. The summed E-state index contributed by atoms with van der Waals surface area (Å²) >= 11 is 6.31. The van der Waals surface area contributed by atoms with Crippen LogP contribution in [0.1, 0.15) is 40.5 Å². The van der Waals surface area contributed by atoms with Gasteiger partial charge < -0.3 is 10.6 Å². The molecule has 7 nitrogen and oxygen atoms in total. The van der Waals surface area contributed by atoms with Gasteiger partial charge in [-0.2, -0.15) is 4.98 Å². The molecule has 0 saturated carbocycles. The minimum absolute atomic E-state index is 0.226. The molecular formula is C21H30ClN5O2S. The molecule has 2 N–H and O–H groups in total. The lowest BCUT2D eigenvalue weighted by molar-refractivity contribution is 0.174. The van der Waals surface area contributed by atoms with Gasteiger partial charge in [-0.1, -0.05) is 23.7 Å². The molecule has 1 aromatic heterocycles. The average Bonchev–Trinajstić information content (AvgIpc) is 2.71. The molecule has 1 unspecified atom stereocenters. The van der Waals surface area contributed by atoms with Gasteiger partial charge in [0.1, 0.15) is 5.02 Å². The largest absolute Gasteiger partial charge is 0.350 e. The number of aromatic nitrogens is 2. The van der Waals surface area contributed by atoms with E-state index >= 15 is 0 Å². The molecule has 2 aromatic rings. The van der Waals surface area contributed by atoms with Crippen molar-refractivity contribution in [1.29, 1.82) is 0 Å². The Balaban J connectivity index is 1.82. The van der Waals surface area contributed by atoms with Crippen LogP contribution in [-0.4, -0.2) is 53.7 Å². The molecule has 30 heavy (non-hydrogen) atoms. The highest BCUT2D eigenvalue weighted by molar-refractivity contribution is 7.92. The lowest BCUT2D eigenvalue weighted by atomic mass is 10.0. The van der Waals surface area contributed by atoms with Gasteiger partial charge in [0.2, 0.25) is 5.95 Å². The van der Waals surface area contributed by atoms with Gasteiger partial charge in [-0.05, 0) is 59.2 Å². The van der Waals surface area contributed by atoms with Crippen molar-refractivity contribution in [3.8, 4) is 0 Å². The van der Waals surface area contributed by atoms with Gasteiger partial charge in [0.25, 0.3) is 0 Å². The summed E-state index contributed by atoms with van der Waals surface area (Å²) in [5, 5.41) is 6.29. The van der Waals surface area contributed by atoms with E-state index in [1.807, 2.05) is 0 Å². The summed E-state index contributed by atoms with van der Waals surface area (Å²) in [6.45, 7) is 9.76. The van der Waals surface area contributed by atoms with Crippen LogP contribution in [0.5, 0.6) is 0 Å². The van der Waals surface area contributed by atoms with Crippen molar-refractivity contribution >= 4 is 38.9 Å². The van der Waals surface area contributed by atoms with Gasteiger partial charge in [0.05, 0.1) is 22.0 Å². The lowest BCUT2D eigenvalue weighted by Gasteiger charge is -2.35. The Morgan fingerprint density at radius 3 is 2.63 bits per heavy atom. The van der Waals surface area contributed by atoms with Crippen LogP contribution in [0.2, 0.25) is 5.02 Å². The predicted octanol–water partition coefficient (Wildman–Crippen LogP) is 4.34. The highest BCUT2D eigenvalue weighted by atomic mass is 35.5. The van der Waals surface area contributed by atoms with Crippen LogP contribution in [-0.2, 0) is 9.84 Å². The number of hydrogen-bond donors (Lipinski definition) is 2. The minimum atomic E-state index is -3.46. The smallest absolute Gasteiger partial charge is 0.224 e. The highest BCUT2D eigenvalue weighted by Crippen LogP contribution is 2.30. The first-order valence-corrected chi connectivity index (χ1v) is 12.2. The van der Waals surface area contributed by atoms with E-state index in [-0.39, 0.29) is 10.9 Å². The highest BCUT2D eigenvalue weighted by Gasteiger charge is 2.24. The average molecular weight is 452 g/mol. The molecule has 1 atom stereocenters. The second-order valence-electron chi connectivity index (χ2n) is 8.18. The summed E-state index contributed by atoms with van der Waals surface area (Å²) < 4.78 is 25.4. The van der Waals surface area contributed by atoms with E-state index < -0.39 is 15.1 Å². The van der Waals surface area contributed by atoms with Gasteiger partial charge >= 0.3 is 0 Å². The van der Waals surface area contributed by atoms with Crippen LogP contribution in [0.4, 0.5) is 17.5 Å². The summed E-state index contributed by atoms with van der Waals surface area (Å²) in [5.41, 5.74) is 0.446. The van der Waals surface area contributed by atoms with E-state index in [9.17, 15) is 8.42 Å². The molecule has 0 aliphatic carbocycles. The maximum atomic E-state index is 12.7. The fourth-order valence-electron chi connectivity index (χ4n) is 3.50. The number of likely N-dealkylation sites (tertiary alicyclic amines) is 1. The first kappa shape index (κ1) is 22.8. The summed E-state index contributed by atoms with van der Waals surface area (Å²) in [6.07, 6.45) is 3.70. The third kappa shape index (κ3) is 5.22. The Hall–Kier alpha value is -1.90. The third-order valence-electron chi connectivity index (χ3n) is 5.33. The zero-order chi connectivity index (χ0) is 21.9. The van der Waals surface area contributed by atoms with Gasteiger partial charge in [-0.15, -0.1) is 0 Å². The van der Waals surface area contributed by atoms with Crippen molar-refractivity contribution in [3.63, 3.8) is 0 Å². The summed E-state index contributed by atoms with van der Waals surface area (Å²) in [5.74, 6) is 0.846. The van der Waals surface area contributed by atoms with Crippen molar-refractivity contribution in [1.82, 2.24) is 14.9 Å². The fourth-order valence-corrected chi connectivity index (χ4v) is 4.84. The molecule has 1 fully saturated rings. The molecule has 1 aromatic carbocycles. The van der Waals surface area contributed by atoms with Gasteiger partial charge in [0.15, 0.2) is 15.7 Å². The number of para-hydroxylation sites is 1. The Labute approximate surface area is 184 Å². The number of sulfone groups is 1. The van der Waals surface area contributed by atoms with Crippen LogP contribution < -0.4 is 10.6 Å². The Bertz CT molecular complexity index is 981. The minimum Gasteiger partial charge on any atom is -0.350 e. The number of benzene rings is 1. The zero-order valence-electron chi connectivity index (χ0n) is 17.9. The first-order valence-electron chi connectivity index (χ1n) is 10.3. The van der Waals surface area contributed by atoms with E-state index in [1.165, 1.54) is 6.20 Å². The monoisotopic (exact) mass is 451 g/mol. The number of nitrogens with zero attached hydrogens (tertiary/aromatic N) is 3. The Morgan fingerprint density at radius 1 is 1.20 bits per heavy atom. The maximum Gasteiger partial charge on any atom is 0.224 e. The van der Waals surface area contributed by atoms with Crippen LogP contribution in [0.25, 0.3) is 0 Å². The predicted molar refractivity (Wildman–Crippen MR) is 122 cm³/mol. The molecule has 164 valence electrons. The van der Waals surface area contributed by atoms with Crippen molar-refractivity contribution < 1.29 is 8.42 Å². The van der Waals surface area contributed by atoms with E-state index in [1.54, 1.807) is 38.1 Å². The topological polar surface area (TPSA) is 87.2 Å². The Morgan fingerprint density at radius 2 is 1.93 bits per heavy atom. The van der Waals surface area contributed by atoms with Crippen LogP contribution in [0.3, 0.4) is 0 Å². The van der Waals surface area contributed by atoms with E-state index in [0.717, 1.165) is 25.9 Å². The molecule has 1 aliphatic heterocycles. The number of piperidine rings is 1. The quantitative estimate of drug-likeness (QED) is 0.647. The van der Waals surface area contributed by atoms with Gasteiger partial charge in [0, 0.05) is 18.6 Å². The van der Waals surface area contributed by atoms with Gasteiger partial charge in [-0.25, -0.2) is 13.4 Å². The Kier molecular flexibility index (Phi) is 7.21.